The van der Waals surface area contributed by atoms with Crippen molar-refractivity contribution < 1.29 is 12.8 Å². The van der Waals surface area contributed by atoms with Crippen molar-refractivity contribution in [2.75, 3.05) is 6.54 Å². The van der Waals surface area contributed by atoms with Crippen LogP contribution in [0.15, 0.2) is 23.2 Å². The first-order chi connectivity index (χ1) is 11.2. The Morgan fingerprint density at radius 1 is 1.25 bits per heavy atom. The Hall–Kier alpha value is -1.24. The number of nitrogens with zero attached hydrogens (tertiary/aromatic N) is 1. The fourth-order valence-corrected chi connectivity index (χ4v) is 4.67. The van der Waals surface area contributed by atoms with E-state index in [-0.39, 0.29) is 16.6 Å². The first-order valence-electron chi connectivity index (χ1n) is 7.96. The molecule has 0 saturated heterocycles. The topological polar surface area (TPSA) is 59.1 Å². The molecule has 0 aliphatic heterocycles. The second kappa shape index (κ2) is 6.24. The van der Waals surface area contributed by atoms with Crippen LogP contribution in [0.2, 0.25) is 5.15 Å². The van der Waals surface area contributed by atoms with Crippen molar-refractivity contribution in [3.05, 3.63) is 34.6 Å². The van der Waals surface area contributed by atoms with Crippen LogP contribution in [0.1, 0.15) is 37.8 Å². The molecule has 130 valence electrons. The van der Waals surface area contributed by atoms with E-state index in [0.717, 1.165) is 42.2 Å². The highest BCUT2D eigenvalue weighted by Crippen LogP contribution is 2.34. The second-order valence-electron chi connectivity index (χ2n) is 6.82. The molecule has 1 heterocycles. The number of hydrogen-bond acceptors (Lipinski definition) is 3. The maximum absolute atomic E-state index is 13.7. The van der Waals surface area contributed by atoms with Gasteiger partial charge in [0.15, 0.2) is 0 Å². The van der Waals surface area contributed by atoms with Crippen LogP contribution in [0.4, 0.5) is 4.39 Å². The van der Waals surface area contributed by atoms with Gasteiger partial charge in [0.1, 0.15) is 10.8 Å². The van der Waals surface area contributed by atoms with Gasteiger partial charge in [0, 0.05) is 23.5 Å². The van der Waals surface area contributed by atoms with Gasteiger partial charge in [-0.25, -0.2) is 22.5 Å². The van der Waals surface area contributed by atoms with Gasteiger partial charge in [0.2, 0.25) is 10.0 Å². The molecular formula is C17H20ClFN2O2S. The highest BCUT2D eigenvalue weighted by Gasteiger charge is 2.26. The molecule has 0 amide bonds. The standard InChI is InChI=1S/C17H20ClFN2O2S/c1-17(2,19)10-21-24(22,23)15-7-11-5-3-4-6-12(11)14-9-20-16(18)8-13(14)15/h7-9,21H,3-6,10H2,1-2H3. The smallest absolute Gasteiger partial charge is 0.241 e. The first-order valence-corrected chi connectivity index (χ1v) is 9.82. The highest BCUT2D eigenvalue weighted by atomic mass is 35.5. The van der Waals surface area contributed by atoms with Gasteiger partial charge in [-0.3, -0.25) is 0 Å². The number of rotatable bonds is 4. The Balaban J connectivity index is 2.18. The lowest BCUT2D eigenvalue weighted by atomic mass is 9.88. The van der Waals surface area contributed by atoms with E-state index in [1.54, 1.807) is 18.3 Å². The third-order valence-electron chi connectivity index (χ3n) is 4.25. The zero-order chi connectivity index (χ0) is 17.5. The summed E-state index contributed by atoms with van der Waals surface area (Å²) in [6, 6.07) is 3.28. The summed E-state index contributed by atoms with van der Waals surface area (Å²) < 4.78 is 41.6. The summed E-state index contributed by atoms with van der Waals surface area (Å²) in [6.45, 7) is 2.38. The molecule has 24 heavy (non-hydrogen) atoms. The molecular weight excluding hydrogens is 351 g/mol. The van der Waals surface area contributed by atoms with Crippen LogP contribution in [0, 0.1) is 0 Å². The van der Waals surface area contributed by atoms with Crippen LogP contribution in [0.25, 0.3) is 10.8 Å². The monoisotopic (exact) mass is 370 g/mol. The normalized spacial score (nSPS) is 15.5. The lowest BCUT2D eigenvalue weighted by Crippen LogP contribution is -2.35. The molecule has 3 rings (SSSR count). The number of hydrogen-bond donors (Lipinski definition) is 1. The van der Waals surface area contributed by atoms with E-state index in [1.807, 2.05) is 0 Å². The van der Waals surface area contributed by atoms with Gasteiger partial charge in [-0.05, 0) is 62.8 Å². The molecule has 1 aliphatic carbocycles. The van der Waals surface area contributed by atoms with Gasteiger partial charge in [-0.1, -0.05) is 11.6 Å². The summed E-state index contributed by atoms with van der Waals surface area (Å²) in [5, 5.41) is 1.59. The van der Waals surface area contributed by atoms with E-state index < -0.39 is 15.7 Å². The molecule has 0 fully saturated rings. The van der Waals surface area contributed by atoms with Crippen molar-refractivity contribution in [1.29, 1.82) is 0 Å². The van der Waals surface area contributed by atoms with Crippen LogP contribution in [-0.4, -0.2) is 25.6 Å². The number of benzene rings is 1. The zero-order valence-corrected chi connectivity index (χ0v) is 15.3. The molecule has 0 bridgehead atoms. The average Bonchev–Trinajstić information content (AvgIpc) is 2.51. The van der Waals surface area contributed by atoms with Crippen molar-refractivity contribution in [3.63, 3.8) is 0 Å². The maximum atomic E-state index is 13.7. The molecule has 1 N–H and O–H groups in total. The van der Waals surface area contributed by atoms with E-state index in [2.05, 4.69) is 9.71 Å². The van der Waals surface area contributed by atoms with Gasteiger partial charge >= 0.3 is 0 Å². The molecule has 0 saturated carbocycles. The van der Waals surface area contributed by atoms with Crippen LogP contribution in [0.5, 0.6) is 0 Å². The van der Waals surface area contributed by atoms with Gasteiger partial charge in [0.25, 0.3) is 0 Å². The number of sulfonamides is 1. The average molecular weight is 371 g/mol. The van der Waals surface area contributed by atoms with E-state index >= 15 is 0 Å². The van der Waals surface area contributed by atoms with Gasteiger partial charge < -0.3 is 0 Å². The van der Waals surface area contributed by atoms with Crippen LogP contribution in [-0.2, 0) is 22.9 Å². The van der Waals surface area contributed by atoms with Crippen molar-refractivity contribution >= 4 is 32.4 Å². The number of nitrogens with one attached hydrogen (secondary N) is 1. The van der Waals surface area contributed by atoms with Crippen molar-refractivity contribution in [3.8, 4) is 0 Å². The Morgan fingerprint density at radius 2 is 1.96 bits per heavy atom. The number of alkyl halides is 1. The number of pyridine rings is 1. The molecule has 0 radical (unpaired) electrons. The lowest BCUT2D eigenvalue weighted by molar-refractivity contribution is 0.221. The molecule has 2 aromatic rings. The van der Waals surface area contributed by atoms with Crippen LogP contribution < -0.4 is 4.72 Å². The number of fused-ring (bicyclic) bond motifs is 3. The minimum atomic E-state index is -3.85. The summed E-state index contributed by atoms with van der Waals surface area (Å²) in [7, 11) is -3.85. The van der Waals surface area contributed by atoms with E-state index in [0.29, 0.717) is 5.39 Å². The summed E-state index contributed by atoms with van der Waals surface area (Å²) >= 11 is 5.99. The van der Waals surface area contributed by atoms with Crippen molar-refractivity contribution in [2.24, 2.45) is 0 Å². The molecule has 1 aromatic carbocycles. The molecule has 1 aliphatic rings. The summed E-state index contributed by atoms with van der Waals surface area (Å²) in [4.78, 5) is 4.26. The number of halogens is 2. The van der Waals surface area contributed by atoms with E-state index in [4.69, 9.17) is 11.6 Å². The summed E-state index contributed by atoms with van der Waals surface area (Å²) in [6.07, 6.45) is 5.49. The first kappa shape index (κ1) is 17.6. The van der Waals surface area contributed by atoms with Crippen LogP contribution in [0.3, 0.4) is 0 Å². The largest absolute Gasteiger partial charge is 0.244 e. The number of aryl methyl sites for hydroxylation is 2. The SMILES string of the molecule is CC(C)(F)CNS(=O)(=O)c1cc2c(c3cnc(Cl)cc13)CCCC2. The second-order valence-corrected chi connectivity index (χ2v) is 8.94. The molecule has 0 spiro atoms. The Morgan fingerprint density at radius 3 is 2.67 bits per heavy atom. The molecule has 0 unspecified atom stereocenters. The van der Waals surface area contributed by atoms with Crippen LogP contribution >= 0.6 is 11.6 Å². The third-order valence-corrected chi connectivity index (χ3v) is 5.90. The Bertz CT molecular complexity index is 892. The third kappa shape index (κ3) is 3.55. The van der Waals surface area contributed by atoms with Crippen molar-refractivity contribution in [1.82, 2.24) is 9.71 Å². The fourth-order valence-electron chi connectivity index (χ4n) is 3.07. The number of aromatic nitrogens is 1. The quantitative estimate of drug-likeness (QED) is 0.833. The van der Waals surface area contributed by atoms with E-state index in [1.165, 1.54) is 13.8 Å². The summed E-state index contributed by atoms with van der Waals surface area (Å²) in [5.41, 5.74) is 0.541. The Kier molecular flexibility index (Phi) is 4.57. The predicted molar refractivity (Wildman–Crippen MR) is 93.8 cm³/mol. The molecule has 4 nitrogen and oxygen atoms in total. The maximum Gasteiger partial charge on any atom is 0.241 e. The molecule has 1 aromatic heterocycles. The Labute approximate surface area is 146 Å². The van der Waals surface area contributed by atoms with Gasteiger partial charge in [-0.2, -0.15) is 0 Å². The minimum Gasteiger partial charge on any atom is -0.244 e. The molecule has 7 heteroatoms. The minimum absolute atomic E-state index is 0.145. The van der Waals surface area contributed by atoms with E-state index in [9.17, 15) is 12.8 Å². The fraction of sp³-hybridized carbons (Fsp3) is 0.471. The molecule has 0 atom stereocenters. The predicted octanol–water partition coefficient (Wildman–Crippen LogP) is 3.79. The zero-order valence-electron chi connectivity index (χ0n) is 13.7. The van der Waals surface area contributed by atoms with Gasteiger partial charge in [-0.15, -0.1) is 0 Å². The van der Waals surface area contributed by atoms with Gasteiger partial charge in [0.05, 0.1) is 4.90 Å². The highest BCUT2D eigenvalue weighted by molar-refractivity contribution is 7.89. The van der Waals surface area contributed by atoms with Crippen molar-refractivity contribution in [2.45, 2.75) is 50.1 Å². The lowest BCUT2D eigenvalue weighted by Gasteiger charge is -2.21. The summed E-state index contributed by atoms with van der Waals surface area (Å²) in [5.74, 6) is 0.